The van der Waals surface area contributed by atoms with Gasteiger partial charge in [0.15, 0.2) is 11.5 Å². The topological polar surface area (TPSA) is 59.3 Å². The molecule has 0 atom stereocenters. The molecule has 0 bridgehead atoms. The van der Waals surface area contributed by atoms with Crippen molar-refractivity contribution in [3.8, 4) is 11.5 Å². The summed E-state index contributed by atoms with van der Waals surface area (Å²) in [6.07, 6.45) is 3.19. The van der Waals surface area contributed by atoms with Gasteiger partial charge in [-0.3, -0.25) is 4.68 Å². The number of phenolic OH excluding ortho intramolecular Hbond substituents is 1. The fourth-order valence-corrected chi connectivity index (χ4v) is 2.25. The first-order valence-corrected chi connectivity index (χ1v) is 7.23. The SMILES string of the molecule is CCCn1cc(CNCc2ccc(O)c(OC)c2)c(C)n1. The minimum atomic E-state index is 0.165. The van der Waals surface area contributed by atoms with E-state index in [2.05, 4.69) is 23.5 Å². The molecule has 2 N–H and O–H groups in total. The molecular weight excluding hydrogens is 266 g/mol. The van der Waals surface area contributed by atoms with Crippen LogP contribution in [0.4, 0.5) is 0 Å². The molecule has 114 valence electrons. The number of ether oxygens (including phenoxy) is 1. The van der Waals surface area contributed by atoms with Crippen LogP contribution in [0.15, 0.2) is 24.4 Å². The number of hydrogen-bond acceptors (Lipinski definition) is 4. The highest BCUT2D eigenvalue weighted by Gasteiger charge is 2.05. The number of benzene rings is 1. The van der Waals surface area contributed by atoms with Crippen LogP contribution in [-0.4, -0.2) is 22.0 Å². The molecule has 21 heavy (non-hydrogen) atoms. The summed E-state index contributed by atoms with van der Waals surface area (Å²) in [6.45, 7) is 6.63. The summed E-state index contributed by atoms with van der Waals surface area (Å²) in [4.78, 5) is 0. The third-order valence-electron chi connectivity index (χ3n) is 3.39. The van der Waals surface area contributed by atoms with E-state index in [1.807, 2.05) is 23.7 Å². The van der Waals surface area contributed by atoms with Crippen molar-refractivity contribution < 1.29 is 9.84 Å². The maximum Gasteiger partial charge on any atom is 0.160 e. The van der Waals surface area contributed by atoms with Gasteiger partial charge in [-0.15, -0.1) is 0 Å². The number of aromatic hydroxyl groups is 1. The third-order valence-corrected chi connectivity index (χ3v) is 3.39. The summed E-state index contributed by atoms with van der Waals surface area (Å²) < 4.78 is 7.10. The highest BCUT2D eigenvalue weighted by molar-refractivity contribution is 5.41. The average molecular weight is 289 g/mol. The van der Waals surface area contributed by atoms with E-state index in [4.69, 9.17) is 4.74 Å². The van der Waals surface area contributed by atoms with Crippen molar-refractivity contribution in [3.63, 3.8) is 0 Å². The second-order valence-corrected chi connectivity index (χ2v) is 5.11. The van der Waals surface area contributed by atoms with Crippen LogP contribution in [0, 0.1) is 6.92 Å². The first-order chi connectivity index (χ1) is 10.1. The summed E-state index contributed by atoms with van der Waals surface area (Å²) in [5, 5.41) is 17.5. The van der Waals surface area contributed by atoms with Crippen molar-refractivity contribution in [2.45, 2.75) is 39.9 Å². The fourth-order valence-electron chi connectivity index (χ4n) is 2.25. The fraction of sp³-hybridized carbons (Fsp3) is 0.438. The van der Waals surface area contributed by atoms with Gasteiger partial charge in [0.05, 0.1) is 12.8 Å². The molecule has 0 spiro atoms. The molecule has 0 saturated carbocycles. The lowest BCUT2D eigenvalue weighted by Gasteiger charge is -2.07. The lowest BCUT2D eigenvalue weighted by molar-refractivity contribution is 0.373. The van der Waals surface area contributed by atoms with Gasteiger partial charge in [0.1, 0.15) is 0 Å². The highest BCUT2D eigenvalue weighted by atomic mass is 16.5. The molecular formula is C16H23N3O2. The van der Waals surface area contributed by atoms with Gasteiger partial charge in [-0.05, 0) is 31.0 Å². The molecule has 0 aliphatic carbocycles. The van der Waals surface area contributed by atoms with Gasteiger partial charge in [0.25, 0.3) is 0 Å². The molecule has 1 aromatic heterocycles. The molecule has 2 aromatic rings. The maximum absolute atomic E-state index is 9.57. The standard InChI is InChI=1S/C16H23N3O2/c1-4-7-19-11-14(12(2)18-19)10-17-9-13-5-6-15(20)16(8-13)21-3/h5-6,8,11,17,20H,4,7,9-10H2,1-3H3. The molecule has 0 aliphatic heterocycles. The Kier molecular flexibility index (Phi) is 5.22. The highest BCUT2D eigenvalue weighted by Crippen LogP contribution is 2.26. The number of aryl methyl sites for hydroxylation is 2. The summed E-state index contributed by atoms with van der Waals surface area (Å²) in [7, 11) is 1.55. The van der Waals surface area contributed by atoms with Crippen LogP contribution < -0.4 is 10.1 Å². The average Bonchev–Trinajstić information content (AvgIpc) is 2.81. The number of methoxy groups -OCH3 is 1. The van der Waals surface area contributed by atoms with Gasteiger partial charge >= 0.3 is 0 Å². The van der Waals surface area contributed by atoms with E-state index in [9.17, 15) is 5.11 Å². The zero-order valence-corrected chi connectivity index (χ0v) is 12.9. The van der Waals surface area contributed by atoms with Crippen molar-refractivity contribution in [3.05, 3.63) is 41.2 Å². The van der Waals surface area contributed by atoms with Crippen LogP contribution in [0.25, 0.3) is 0 Å². The first kappa shape index (κ1) is 15.4. The van der Waals surface area contributed by atoms with Crippen LogP contribution in [-0.2, 0) is 19.6 Å². The van der Waals surface area contributed by atoms with Crippen LogP contribution in [0.1, 0.15) is 30.2 Å². The summed E-state index contributed by atoms with van der Waals surface area (Å²) >= 11 is 0. The number of nitrogens with zero attached hydrogens (tertiary/aromatic N) is 2. The number of hydrogen-bond donors (Lipinski definition) is 2. The molecule has 0 amide bonds. The Morgan fingerprint density at radius 3 is 2.86 bits per heavy atom. The second-order valence-electron chi connectivity index (χ2n) is 5.11. The van der Waals surface area contributed by atoms with Gasteiger partial charge in [-0.1, -0.05) is 13.0 Å². The van der Waals surface area contributed by atoms with Crippen LogP contribution in [0.5, 0.6) is 11.5 Å². The minimum Gasteiger partial charge on any atom is -0.504 e. The Morgan fingerprint density at radius 1 is 1.33 bits per heavy atom. The zero-order valence-electron chi connectivity index (χ0n) is 12.9. The predicted octanol–water partition coefficient (Wildman–Crippen LogP) is 2.61. The van der Waals surface area contributed by atoms with Gasteiger partial charge in [0, 0.05) is 31.4 Å². The lowest BCUT2D eigenvalue weighted by atomic mass is 10.2. The molecule has 1 aromatic carbocycles. The third kappa shape index (κ3) is 3.98. The van der Waals surface area contributed by atoms with Crippen LogP contribution in [0.2, 0.25) is 0 Å². The Balaban J connectivity index is 1.92. The molecule has 0 saturated heterocycles. The number of rotatable bonds is 7. The Hall–Kier alpha value is -2.01. The van der Waals surface area contributed by atoms with E-state index in [1.165, 1.54) is 5.56 Å². The van der Waals surface area contributed by atoms with Crippen molar-refractivity contribution in [2.75, 3.05) is 7.11 Å². The van der Waals surface area contributed by atoms with Gasteiger partial charge < -0.3 is 15.2 Å². The first-order valence-electron chi connectivity index (χ1n) is 7.23. The molecule has 2 rings (SSSR count). The van der Waals surface area contributed by atoms with E-state index in [-0.39, 0.29) is 5.75 Å². The second kappa shape index (κ2) is 7.13. The minimum absolute atomic E-state index is 0.165. The largest absolute Gasteiger partial charge is 0.504 e. The van der Waals surface area contributed by atoms with E-state index in [1.54, 1.807) is 13.2 Å². The normalized spacial score (nSPS) is 10.8. The molecule has 1 heterocycles. The van der Waals surface area contributed by atoms with Crippen molar-refractivity contribution in [2.24, 2.45) is 0 Å². The molecule has 0 fully saturated rings. The Morgan fingerprint density at radius 2 is 2.14 bits per heavy atom. The lowest BCUT2D eigenvalue weighted by Crippen LogP contribution is -2.13. The molecule has 5 heteroatoms. The zero-order chi connectivity index (χ0) is 15.2. The molecule has 0 unspecified atom stereocenters. The van der Waals surface area contributed by atoms with E-state index in [0.29, 0.717) is 5.75 Å². The van der Waals surface area contributed by atoms with Gasteiger partial charge in [-0.25, -0.2) is 0 Å². The predicted molar refractivity (Wildman–Crippen MR) is 82.5 cm³/mol. The van der Waals surface area contributed by atoms with E-state index >= 15 is 0 Å². The molecule has 0 aliphatic rings. The van der Waals surface area contributed by atoms with Gasteiger partial charge in [-0.2, -0.15) is 5.10 Å². The summed E-state index contributed by atoms with van der Waals surface area (Å²) in [5.74, 6) is 0.666. The molecule has 5 nitrogen and oxygen atoms in total. The van der Waals surface area contributed by atoms with Gasteiger partial charge in [0.2, 0.25) is 0 Å². The van der Waals surface area contributed by atoms with Crippen molar-refractivity contribution in [1.29, 1.82) is 0 Å². The van der Waals surface area contributed by atoms with E-state index in [0.717, 1.165) is 37.3 Å². The van der Waals surface area contributed by atoms with Crippen molar-refractivity contribution >= 4 is 0 Å². The number of aromatic nitrogens is 2. The Bertz CT molecular complexity index is 593. The van der Waals surface area contributed by atoms with Crippen molar-refractivity contribution in [1.82, 2.24) is 15.1 Å². The quantitative estimate of drug-likeness (QED) is 0.822. The number of phenols is 1. The van der Waals surface area contributed by atoms with Crippen LogP contribution in [0.3, 0.4) is 0 Å². The van der Waals surface area contributed by atoms with E-state index < -0.39 is 0 Å². The summed E-state index contributed by atoms with van der Waals surface area (Å²) in [5.41, 5.74) is 3.36. The molecule has 0 radical (unpaired) electrons. The maximum atomic E-state index is 9.57. The smallest absolute Gasteiger partial charge is 0.160 e. The monoisotopic (exact) mass is 289 g/mol. The Labute approximate surface area is 125 Å². The number of nitrogens with one attached hydrogen (secondary N) is 1. The summed E-state index contributed by atoms with van der Waals surface area (Å²) in [6, 6.07) is 5.38. The van der Waals surface area contributed by atoms with Crippen LogP contribution >= 0.6 is 0 Å².